The van der Waals surface area contributed by atoms with E-state index in [0.717, 1.165) is 45.5 Å². The molecule has 0 radical (unpaired) electrons. The number of hydrogen-bond acceptors (Lipinski definition) is 3. The Balaban J connectivity index is 1.84. The lowest BCUT2D eigenvalue weighted by Gasteiger charge is -2.11. The standard InChI is InChI=1S/C11H22O3/c1-2-10(12)5-3-7-13-9-11-6-4-8-14-11/h10-12H,2-9H2,1H3. The van der Waals surface area contributed by atoms with Crippen LogP contribution < -0.4 is 0 Å². The molecule has 0 spiro atoms. The molecule has 1 fully saturated rings. The molecule has 1 saturated heterocycles. The van der Waals surface area contributed by atoms with Crippen LogP contribution in [-0.2, 0) is 9.47 Å². The van der Waals surface area contributed by atoms with Gasteiger partial charge < -0.3 is 14.6 Å². The van der Waals surface area contributed by atoms with Crippen LogP contribution in [0.2, 0.25) is 0 Å². The highest BCUT2D eigenvalue weighted by Gasteiger charge is 2.14. The number of hydrogen-bond donors (Lipinski definition) is 1. The average Bonchev–Trinajstić information content (AvgIpc) is 2.69. The molecule has 0 aliphatic carbocycles. The number of aliphatic hydroxyl groups excluding tert-OH is 1. The van der Waals surface area contributed by atoms with Crippen LogP contribution in [0.4, 0.5) is 0 Å². The van der Waals surface area contributed by atoms with Crippen molar-refractivity contribution in [3.63, 3.8) is 0 Å². The molecule has 0 amide bonds. The summed E-state index contributed by atoms with van der Waals surface area (Å²) < 4.78 is 10.9. The summed E-state index contributed by atoms with van der Waals surface area (Å²) >= 11 is 0. The van der Waals surface area contributed by atoms with Gasteiger partial charge in [-0.15, -0.1) is 0 Å². The van der Waals surface area contributed by atoms with Crippen LogP contribution in [0, 0.1) is 0 Å². The molecule has 84 valence electrons. The van der Waals surface area contributed by atoms with Gasteiger partial charge in [-0.2, -0.15) is 0 Å². The van der Waals surface area contributed by atoms with E-state index in [0.29, 0.717) is 6.10 Å². The van der Waals surface area contributed by atoms with E-state index in [4.69, 9.17) is 9.47 Å². The predicted molar refractivity (Wildman–Crippen MR) is 55.3 cm³/mol. The van der Waals surface area contributed by atoms with Gasteiger partial charge in [-0.3, -0.25) is 0 Å². The molecule has 3 heteroatoms. The molecule has 0 aromatic heterocycles. The summed E-state index contributed by atoms with van der Waals surface area (Å²) in [4.78, 5) is 0. The molecule has 14 heavy (non-hydrogen) atoms. The third-order valence-electron chi connectivity index (χ3n) is 2.63. The van der Waals surface area contributed by atoms with Crippen LogP contribution in [0.3, 0.4) is 0 Å². The Kier molecular flexibility index (Phi) is 6.15. The quantitative estimate of drug-likeness (QED) is 0.639. The molecule has 3 nitrogen and oxygen atoms in total. The molecule has 1 aliphatic heterocycles. The van der Waals surface area contributed by atoms with Gasteiger partial charge in [0.25, 0.3) is 0 Å². The topological polar surface area (TPSA) is 38.7 Å². The highest BCUT2D eigenvalue weighted by molar-refractivity contribution is 4.63. The second-order valence-electron chi connectivity index (χ2n) is 3.91. The third kappa shape index (κ3) is 4.94. The van der Waals surface area contributed by atoms with Gasteiger partial charge in [0.05, 0.1) is 18.8 Å². The minimum atomic E-state index is -0.152. The van der Waals surface area contributed by atoms with Gasteiger partial charge in [-0.1, -0.05) is 6.92 Å². The van der Waals surface area contributed by atoms with Gasteiger partial charge in [0.1, 0.15) is 0 Å². The number of ether oxygens (including phenoxy) is 2. The van der Waals surface area contributed by atoms with Crippen molar-refractivity contribution in [3.8, 4) is 0 Å². The van der Waals surface area contributed by atoms with Crippen molar-refractivity contribution in [2.45, 2.75) is 51.2 Å². The second kappa shape index (κ2) is 7.21. The Morgan fingerprint density at radius 2 is 2.43 bits per heavy atom. The highest BCUT2D eigenvalue weighted by atomic mass is 16.5. The van der Waals surface area contributed by atoms with Crippen molar-refractivity contribution in [2.75, 3.05) is 19.8 Å². The van der Waals surface area contributed by atoms with Crippen molar-refractivity contribution in [1.82, 2.24) is 0 Å². The molecule has 2 unspecified atom stereocenters. The smallest absolute Gasteiger partial charge is 0.0809 e. The first-order chi connectivity index (χ1) is 6.83. The Morgan fingerprint density at radius 1 is 1.57 bits per heavy atom. The molecule has 0 aromatic carbocycles. The zero-order chi connectivity index (χ0) is 10.2. The molecule has 1 aliphatic rings. The van der Waals surface area contributed by atoms with Crippen molar-refractivity contribution >= 4 is 0 Å². The number of rotatable bonds is 7. The van der Waals surface area contributed by atoms with Crippen LogP contribution in [0.5, 0.6) is 0 Å². The van der Waals surface area contributed by atoms with E-state index in [1.165, 1.54) is 6.42 Å². The molecular weight excluding hydrogens is 180 g/mol. The Hall–Kier alpha value is -0.120. The number of aliphatic hydroxyl groups is 1. The summed E-state index contributed by atoms with van der Waals surface area (Å²) in [5.74, 6) is 0. The van der Waals surface area contributed by atoms with Crippen LogP contribution in [0.15, 0.2) is 0 Å². The molecule has 0 aromatic rings. The minimum Gasteiger partial charge on any atom is -0.393 e. The fraction of sp³-hybridized carbons (Fsp3) is 1.00. The van der Waals surface area contributed by atoms with Gasteiger partial charge in [0, 0.05) is 13.2 Å². The Bertz CT molecular complexity index is 132. The Labute approximate surface area is 86.4 Å². The SMILES string of the molecule is CCC(O)CCCOCC1CCCO1. The van der Waals surface area contributed by atoms with E-state index >= 15 is 0 Å². The van der Waals surface area contributed by atoms with Gasteiger partial charge in [-0.05, 0) is 32.1 Å². The first-order valence-corrected chi connectivity index (χ1v) is 5.70. The largest absolute Gasteiger partial charge is 0.393 e. The zero-order valence-corrected chi connectivity index (χ0v) is 9.08. The average molecular weight is 202 g/mol. The fourth-order valence-corrected chi connectivity index (χ4v) is 1.62. The summed E-state index contributed by atoms with van der Waals surface area (Å²) in [7, 11) is 0. The summed E-state index contributed by atoms with van der Waals surface area (Å²) in [6.45, 7) is 4.36. The van der Waals surface area contributed by atoms with Crippen LogP contribution in [0.1, 0.15) is 39.0 Å². The summed E-state index contributed by atoms with van der Waals surface area (Å²) in [5, 5.41) is 9.29. The maximum atomic E-state index is 9.29. The minimum absolute atomic E-state index is 0.152. The van der Waals surface area contributed by atoms with E-state index in [9.17, 15) is 5.11 Å². The lowest BCUT2D eigenvalue weighted by Crippen LogP contribution is -2.15. The molecule has 1 heterocycles. The van der Waals surface area contributed by atoms with E-state index in [2.05, 4.69) is 0 Å². The summed E-state index contributed by atoms with van der Waals surface area (Å²) in [6.07, 6.45) is 5.11. The molecule has 1 rings (SSSR count). The molecule has 1 N–H and O–H groups in total. The first-order valence-electron chi connectivity index (χ1n) is 5.70. The van der Waals surface area contributed by atoms with Crippen molar-refractivity contribution in [3.05, 3.63) is 0 Å². The lowest BCUT2D eigenvalue weighted by molar-refractivity contribution is 0.0134. The Morgan fingerprint density at radius 3 is 3.07 bits per heavy atom. The molecule has 0 bridgehead atoms. The van der Waals surface area contributed by atoms with Crippen LogP contribution >= 0.6 is 0 Å². The summed E-state index contributed by atoms with van der Waals surface area (Å²) in [5.41, 5.74) is 0. The zero-order valence-electron chi connectivity index (χ0n) is 9.08. The highest BCUT2D eigenvalue weighted by Crippen LogP contribution is 2.12. The van der Waals surface area contributed by atoms with Gasteiger partial charge in [0.2, 0.25) is 0 Å². The normalized spacial score (nSPS) is 24.0. The van der Waals surface area contributed by atoms with Crippen LogP contribution in [-0.4, -0.2) is 37.1 Å². The van der Waals surface area contributed by atoms with Gasteiger partial charge in [0.15, 0.2) is 0 Å². The first kappa shape index (κ1) is 12.0. The summed E-state index contributed by atoms with van der Waals surface area (Å²) in [6, 6.07) is 0. The van der Waals surface area contributed by atoms with Crippen LogP contribution in [0.25, 0.3) is 0 Å². The molecule has 2 atom stereocenters. The van der Waals surface area contributed by atoms with Crippen molar-refractivity contribution in [2.24, 2.45) is 0 Å². The molecular formula is C11H22O3. The monoisotopic (exact) mass is 202 g/mol. The fourth-order valence-electron chi connectivity index (χ4n) is 1.62. The van der Waals surface area contributed by atoms with E-state index < -0.39 is 0 Å². The predicted octanol–water partition coefficient (Wildman–Crippen LogP) is 1.73. The van der Waals surface area contributed by atoms with E-state index in [1.807, 2.05) is 6.92 Å². The third-order valence-corrected chi connectivity index (χ3v) is 2.63. The van der Waals surface area contributed by atoms with Crippen molar-refractivity contribution < 1.29 is 14.6 Å². The van der Waals surface area contributed by atoms with Gasteiger partial charge in [-0.25, -0.2) is 0 Å². The maximum absolute atomic E-state index is 9.29. The second-order valence-corrected chi connectivity index (χ2v) is 3.91. The van der Waals surface area contributed by atoms with E-state index in [1.54, 1.807) is 0 Å². The lowest BCUT2D eigenvalue weighted by atomic mass is 10.1. The van der Waals surface area contributed by atoms with Gasteiger partial charge >= 0.3 is 0 Å². The maximum Gasteiger partial charge on any atom is 0.0809 e. The van der Waals surface area contributed by atoms with E-state index in [-0.39, 0.29) is 6.10 Å². The van der Waals surface area contributed by atoms with Crippen molar-refractivity contribution in [1.29, 1.82) is 0 Å². The molecule has 0 saturated carbocycles.